The van der Waals surface area contributed by atoms with Crippen LogP contribution < -0.4 is 9.64 Å². The molecule has 0 aliphatic carbocycles. The van der Waals surface area contributed by atoms with E-state index < -0.39 is 16.4 Å². The summed E-state index contributed by atoms with van der Waals surface area (Å²) in [7, 11) is 0. The Morgan fingerprint density at radius 3 is 2.64 bits per heavy atom. The van der Waals surface area contributed by atoms with E-state index in [-0.39, 0.29) is 17.0 Å². The van der Waals surface area contributed by atoms with E-state index >= 15 is 0 Å². The molecule has 2 aliphatic rings. The first-order valence-corrected chi connectivity index (χ1v) is 12.5. The van der Waals surface area contributed by atoms with Crippen molar-refractivity contribution in [2.45, 2.75) is 44.0 Å². The van der Waals surface area contributed by atoms with E-state index in [9.17, 15) is 18.5 Å². The number of nitrogens with zero attached hydrogens (tertiary/aromatic N) is 3. The molecule has 2 saturated heterocycles. The predicted molar refractivity (Wildman–Crippen MR) is 129 cm³/mol. The molecule has 0 bridgehead atoms. The first kappa shape index (κ1) is 25.3. The molecule has 2 aromatic rings. The van der Waals surface area contributed by atoms with Crippen molar-refractivity contribution in [1.29, 1.82) is 0 Å². The van der Waals surface area contributed by atoms with Gasteiger partial charge < -0.3 is 9.64 Å². The van der Waals surface area contributed by atoms with E-state index in [1.165, 1.54) is 12.3 Å². The van der Waals surface area contributed by atoms with Gasteiger partial charge in [0.2, 0.25) is 0 Å². The Morgan fingerprint density at radius 1 is 1.21 bits per heavy atom. The lowest BCUT2D eigenvalue weighted by molar-refractivity contribution is -0.136. The van der Waals surface area contributed by atoms with Crippen LogP contribution in [0, 0.1) is 5.82 Å². The maximum absolute atomic E-state index is 13.4. The largest absolute Gasteiger partial charge is 0.489 e. The van der Waals surface area contributed by atoms with Gasteiger partial charge in [0.25, 0.3) is 5.91 Å². The van der Waals surface area contributed by atoms with Crippen molar-refractivity contribution in [3.63, 3.8) is 0 Å². The van der Waals surface area contributed by atoms with Crippen LogP contribution in [0.4, 0.5) is 19.5 Å². The van der Waals surface area contributed by atoms with E-state index in [0.717, 1.165) is 60.3 Å². The van der Waals surface area contributed by atoms with Crippen molar-refractivity contribution in [2.75, 3.05) is 24.2 Å². The minimum atomic E-state index is -0.856. The maximum atomic E-state index is 13.4. The molecule has 3 heterocycles. The number of carbonyl (C=O) groups excluding carboxylic acids is 2. The van der Waals surface area contributed by atoms with Crippen molar-refractivity contribution in [3.05, 3.63) is 53.5 Å². The third-order valence-corrected chi connectivity index (χ3v) is 6.57. The highest BCUT2D eigenvalue weighted by atomic mass is 32.2. The van der Waals surface area contributed by atoms with E-state index in [1.807, 2.05) is 25.1 Å². The van der Waals surface area contributed by atoms with Crippen molar-refractivity contribution >= 4 is 41.4 Å². The number of hydrogen-bond acceptors (Lipinski definition) is 7. The molecule has 4 rings (SSSR count). The predicted octanol–water partition coefficient (Wildman–Crippen LogP) is 4.87. The molecule has 1 aromatic heterocycles. The second-order valence-corrected chi connectivity index (χ2v) is 8.80. The number of piperidine rings is 1. The molecule has 0 spiro atoms. The monoisotopic (exact) mass is 495 g/mol. The summed E-state index contributed by atoms with van der Waals surface area (Å²) in [4.78, 5) is 29.5. The zero-order valence-electron chi connectivity index (χ0n) is 18.5. The molecule has 2 unspecified atom stereocenters. The first-order valence-electron chi connectivity index (χ1n) is 10.7. The summed E-state index contributed by atoms with van der Waals surface area (Å²) in [5, 5.41) is -1.89. The standard InChI is InChI=1S/C22H23F2N3O3S.CH4S/c1-2-14-10-17(7-5-15(14)11-19-21(28)27(24)22(29)31-19)30-18-4-3-9-26(13-18)20-8-6-16(23)12-25-20;1-2/h5-8,10,12,18-19H,2-4,9,11,13H2,1H3;2H,1H3. The van der Waals surface area contributed by atoms with Gasteiger partial charge in [-0.3, -0.25) is 9.59 Å². The highest BCUT2D eigenvalue weighted by Crippen LogP contribution is 2.32. The van der Waals surface area contributed by atoms with Gasteiger partial charge in [0.15, 0.2) is 0 Å². The number of thiol groups is 1. The van der Waals surface area contributed by atoms with Gasteiger partial charge in [-0.1, -0.05) is 22.6 Å². The minimum Gasteiger partial charge on any atom is -0.489 e. The second kappa shape index (κ2) is 11.7. The van der Waals surface area contributed by atoms with Crippen LogP contribution in [-0.2, 0) is 17.6 Å². The Balaban J connectivity index is 0.00000149. The van der Waals surface area contributed by atoms with Gasteiger partial charge in [-0.15, -0.1) is 0 Å². The highest BCUT2D eigenvalue weighted by molar-refractivity contribution is 8.15. The van der Waals surface area contributed by atoms with Gasteiger partial charge in [-0.25, -0.2) is 9.37 Å². The van der Waals surface area contributed by atoms with E-state index in [2.05, 4.69) is 22.5 Å². The smallest absolute Gasteiger partial charge is 0.317 e. The third-order valence-electron chi connectivity index (χ3n) is 5.55. The topological polar surface area (TPSA) is 62.7 Å². The van der Waals surface area contributed by atoms with Crippen LogP contribution in [0.5, 0.6) is 5.75 Å². The number of imide groups is 1. The summed E-state index contributed by atoms with van der Waals surface area (Å²) >= 11 is 4.25. The molecule has 10 heteroatoms. The molecule has 2 amide bonds. The number of amides is 2. The number of aromatic nitrogens is 1. The second-order valence-electron chi connectivity index (χ2n) is 7.64. The number of aryl methyl sites for hydroxylation is 1. The fourth-order valence-corrected chi connectivity index (χ4v) is 4.84. The quantitative estimate of drug-likeness (QED) is 0.456. The molecular formula is C23H27F2N3O3S2. The van der Waals surface area contributed by atoms with Crippen LogP contribution in [0.3, 0.4) is 0 Å². The molecule has 0 saturated carbocycles. The number of rotatable bonds is 6. The summed E-state index contributed by atoms with van der Waals surface area (Å²) in [5.74, 6) is 0.304. The molecule has 33 heavy (non-hydrogen) atoms. The number of pyridine rings is 1. The number of hydrogen-bond donors (Lipinski definition) is 1. The summed E-state index contributed by atoms with van der Waals surface area (Å²) in [6, 6.07) is 8.76. The molecular weight excluding hydrogens is 468 g/mol. The van der Waals surface area contributed by atoms with Crippen LogP contribution in [0.1, 0.15) is 30.9 Å². The lowest BCUT2D eigenvalue weighted by Gasteiger charge is -2.33. The van der Waals surface area contributed by atoms with Gasteiger partial charge in [0.1, 0.15) is 28.7 Å². The lowest BCUT2D eigenvalue weighted by Crippen LogP contribution is -2.41. The SMILES string of the molecule is CCc1cc(OC2CCCN(c3ccc(F)cn3)C2)ccc1CC1SC(=O)N(F)C1=O.CS. The van der Waals surface area contributed by atoms with Crippen LogP contribution in [0.15, 0.2) is 36.5 Å². The van der Waals surface area contributed by atoms with E-state index in [1.54, 1.807) is 12.3 Å². The summed E-state index contributed by atoms with van der Waals surface area (Å²) in [6.45, 7) is 3.50. The summed E-state index contributed by atoms with van der Waals surface area (Å²) < 4.78 is 32.8. The van der Waals surface area contributed by atoms with E-state index in [0.29, 0.717) is 13.0 Å². The molecule has 2 fully saturated rings. The summed E-state index contributed by atoms with van der Waals surface area (Å²) in [6.07, 6.45) is 5.75. The Kier molecular flexibility index (Phi) is 8.96. The first-order chi connectivity index (χ1) is 15.9. The van der Waals surface area contributed by atoms with Crippen LogP contribution in [0.25, 0.3) is 0 Å². The number of ether oxygens (including phenoxy) is 1. The summed E-state index contributed by atoms with van der Waals surface area (Å²) in [5.41, 5.74) is 1.91. The fraction of sp³-hybridized carbons (Fsp3) is 0.435. The zero-order chi connectivity index (χ0) is 24.0. The number of halogens is 2. The van der Waals surface area contributed by atoms with Gasteiger partial charge in [0.05, 0.1) is 12.7 Å². The highest BCUT2D eigenvalue weighted by Gasteiger charge is 2.40. The molecule has 2 atom stereocenters. The lowest BCUT2D eigenvalue weighted by atomic mass is 10.00. The van der Waals surface area contributed by atoms with Crippen molar-refractivity contribution in [3.8, 4) is 5.75 Å². The molecule has 2 aliphatic heterocycles. The van der Waals surface area contributed by atoms with Crippen LogP contribution in [0.2, 0.25) is 0 Å². The van der Waals surface area contributed by atoms with Gasteiger partial charge in [-0.05, 0) is 79.1 Å². The zero-order valence-corrected chi connectivity index (χ0v) is 20.3. The fourth-order valence-electron chi connectivity index (χ4n) is 3.96. The molecule has 0 N–H and O–H groups in total. The Hall–Kier alpha value is -2.33. The molecule has 6 nitrogen and oxygen atoms in total. The van der Waals surface area contributed by atoms with E-state index in [4.69, 9.17) is 4.74 Å². The van der Waals surface area contributed by atoms with Crippen molar-refractivity contribution in [2.24, 2.45) is 0 Å². The van der Waals surface area contributed by atoms with Gasteiger partial charge in [0, 0.05) is 6.54 Å². The van der Waals surface area contributed by atoms with Crippen LogP contribution in [-0.4, -0.2) is 52.0 Å². The third kappa shape index (κ3) is 6.17. The van der Waals surface area contributed by atoms with Crippen LogP contribution >= 0.6 is 24.4 Å². The van der Waals surface area contributed by atoms with Crippen molar-refractivity contribution in [1.82, 2.24) is 10.1 Å². The number of anilines is 1. The van der Waals surface area contributed by atoms with Crippen molar-refractivity contribution < 1.29 is 23.2 Å². The maximum Gasteiger partial charge on any atom is 0.317 e. The Labute approximate surface area is 202 Å². The average molecular weight is 496 g/mol. The normalized spacial score (nSPS) is 20.5. The van der Waals surface area contributed by atoms with Gasteiger partial charge in [-0.2, -0.15) is 12.6 Å². The van der Waals surface area contributed by atoms with Gasteiger partial charge >= 0.3 is 5.24 Å². The Bertz CT molecular complexity index is 978. The number of thioether (sulfide) groups is 1. The number of carbonyl (C=O) groups is 2. The average Bonchev–Trinajstić information content (AvgIpc) is 3.08. The molecule has 0 radical (unpaired) electrons. The molecule has 1 aromatic carbocycles. The minimum absolute atomic E-state index is 0.0270. The Morgan fingerprint density at radius 2 is 2.00 bits per heavy atom. The number of benzene rings is 1. The molecule has 178 valence electrons.